The molecule has 13 aromatic rings. The Morgan fingerprint density at radius 3 is 1.05 bits per heavy atom. The molecule has 420 valence electrons. The molecule has 11 aromatic carbocycles. The fourth-order valence-electron chi connectivity index (χ4n) is 12.2. The molecule has 91 heavy (non-hydrogen) atoms. The first-order chi connectivity index (χ1) is 44.1. The number of nitriles is 4. The highest BCUT2D eigenvalue weighted by atomic mass is 19.4. The first-order valence-electron chi connectivity index (χ1n) is 27.9. The van der Waals surface area contributed by atoms with Gasteiger partial charge in [-0.3, -0.25) is 0 Å². The SMILES string of the molecule is [C-]#[N+]c1cc(C#N)cc(-c2ccc3c(c2)c2cc(-c4cc(C#N)cc(C#N)c4)ccc2n3-c2ccc([N+]#[C-])cc2-c2cc(-c3ccc(C(F)(F)F)cc3C)ccc2-n2c3ccc(-c4cc(C#N)cc([N+]#[C-])c4)cc3c3cc(-c4cc([N+]#[C-])cc([N+]#[C-])c4)ccc32)c1. The largest absolute Gasteiger partial charge is 0.416 e. The lowest BCUT2D eigenvalue weighted by Crippen LogP contribution is -2.05. The molecule has 0 bridgehead atoms. The first-order valence-corrected chi connectivity index (χ1v) is 27.9. The van der Waals surface area contributed by atoms with Gasteiger partial charge in [0.05, 0.1) is 107 Å². The minimum atomic E-state index is -4.61. The van der Waals surface area contributed by atoms with Crippen LogP contribution in [0.4, 0.5) is 41.6 Å². The quantitative estimate of drug-likeness (QED) is 0.140. The van der Waals surface area contributed by atoms with E-state index in [0.29, 0.717) is 128 Å². The predicted molar refractivity (Wildman–Crippen MR) is 348 cm³/mol. The summed E-state index contributed by atoms with van der Waals surface area (Å²) in [6.45, 7) is 41.5. The van der Waals surface area contributed by atoms with E-state index in [1.807, 2.05) is 97.1 Å². The van der Waals surface area contributed by atoms with E-state index in [9.17, 15) is 34.2 Å². The molecule has 0 aliphatic heterocycles. The molecule has 0 saturated carbocycles. The molecule has 2 aromatic heterocycles. The van der Waals surface area contributed by atoms with Crippen LogP contribution in [0.15, 0.2) is 200 Å². The molecule has 0 spiro atoms. The van der Waals surface area contributed by atoms with Gasteiger partial charge >= 0.3 is 6.18 Å². The van der Waals surface area contributed by atoms with Crippen LogP contribution >= 0.6 is 0 Å². The van der Waals surface area contributed by atoms with Crippen LogP contribution in [-0.4, -0.2) is 9.13 Å². The van der Waals surface area contributed by atoms with E-state index in [2.05, 4.69) is 57.6 Å². The molecule has 11 nitrogen and oxygen atoms in total. The van der Waals surface area contributed by atoms with Crippen LogP contribution < -0.4 is 0 Å². The Hall–Kier alpha value is -13.8. The average Bonchev–Trinajstić information content (AvgIpc) is 1.61. The summed E-state index contributed by atoms with van der Waals surface area (Å²) in [5, 5.41) is 43.2. The maximum Gasteiger partial charge on any atom is 0.416 e. The van der Waals surface area contributed by atoms with Crippen molar-refractivity contribution in [1.82, 2.24) is 9.13 Å². The average molecular weight is 1170 g/mol. The molecule has 14 heteroatoms. The van der Waals surface area contributed by atoms with E-state index in [4.69, 9.17) is 32.9 Å². The zero-order valence-electron chi connectivity index (χ0n) is 47.6. The Morgan fingerprint density at radius 1 is 0.319 bits per heavy atom. The zero-order valence-corrected chi connectivity index (χ0v) is 47.6. The van der Waals surface area contributed by atoms with E-state index in [1.54, 1.807) is 67.6 Å². The van der Waals surface area contributed by atoms with Crippen LogP contribution in [0, 0.1) is 85.1 Å². The van der Waals surface area contributed by atoms with Crippen LogP contribution in [0.25, 0.3) is 146 Å². The Kier molecular flexibility index (Phi) is 13.8. The number of nitrogens with zero attached hydrogens (tertiary/aromatic N) is 11. The van der Waals surface area contributed by atoms with Crippen molar-refractivity contribution in [2.75, 3.05) is 0 Å². The lowest BCUT2D eigenvalue weighted by molar-refractivity contribution is -0.137. The van der Waals surface area contributed by atoms with E-state index >= 15 is 0 Å². The van der Waals surface area contributed by atoms with E-state index in [0.717, 1.165) is 33.7 Å². The second kappa shape index (κ2) is 22.3. The normalized spacial score (nSPS) is 11.0. The van der Waals surface area contributed by atoms with Crippen LogP contribution in [-0.2, 0) is 6.18 Å². The number of halogens is 3. The molecule has 0 radical (unpaired) electrons. The first kappa shape index (κ1) is 56.4. The van der Waals surface area contributed by atoms with Gasteiger partial charge in [0.15, 0.2) is 28.4 Å². The van der Waals surface area contributed by atoms with Crippen molar-refractivity contribution in [1.29, 1.82) is 21.0 Å². The summed E-state index contributed by atoms with van der Waals surface area (Å²) in [4.78, 5) is 18.6. The van der Waals surface area contributed by atoms with Crippen molar-refractivity contribution in [2.24, 2.45) is 0 Å². The fourth-order valence-corrected chi connectivity index (χ4v) is 12.2. The molecule has 0 amide bonds. The molecule has 0 aliphatic carbocycles. The highest BCUT2D eigenvalue weighted by Gasteiger charge is 2.31. The van der Waals surface area contributed by atoms with Crippen molar-refractivity contribution in [3.63, 3.8) is 0 Å². The smallest absolute Gasteiger partial charge is 0.309 e. The van der Waals surface area contributed by atoms with Crippen molar-refractivity contribution in [2.45, 2.75) is 13.1 Å². The number of fused-ring (bicyclic) bond motifs is 6. The number of rotatable bonds is 8. The van der Waals surface area contributed by atoms with Gasteiger partial charge in [-0.05, 0) is 213 Å². The molecular weight excluding hydrogens is 1140 g/mol. The van der Waals surface area contributed by atoms with Crippen molar-refractivity contribution < 1.29 is 13.2 Å². The molecule has 0 N–H and O–H groups in total. The minimum Gasteiger partial charge on any atom is -0.309 e. The highest BCUT2D eigenvalue weighted by Crippen LogP contribution is 2.47. The second-order valence-corrected chi connectivity index (χ2v) is 21.6. The molecule has 0 fully saturated rings. The molecule has 0 aliphatic rings. The lowest BCUT2D eigenvalue weighted by Gasteiger charge is -2.21. The molecule has 2 heterocycles. The number of hydrogen-bond donors (Lipinski definition) is 0. The van der Waals surface area contributed by atoms with Crippen molar-refractivity contribution >= 4 is 72.0 Å². The molecule has 0 saturated heterocycles. The monoisotopic (exact) mass is 1170 g/mol. The molecule has 0 atom stereocenters. The molecule has 13 rings (SSSR count). The molecular formula is C77H36F3N11. The third-order valence-electron chi connectivity index (χ3n) is 16.3. The third kappa shape index (κ3) is 9.97. The third-order valence-corrected chi connectivity index (χ3v) is 16.3. The summed E-state index contributed by atoms with van der Waals surface area (Å²) in [6.07, 6.45) is -4.61. The number of aromatic nitrogens is 2. The van der Waals surface area contributed by atoms with E-state index < -0.39 is 11.7 Å². The van der Waals surface area contributed by atoms with Gasteiger partial charge in [0.1, 0.15) is 0 Å². The predicted octanol–water partition coefficient (Wildman–Crippen LogP) is 21.5. The maximum atomic E-state index is 14.3. The maximum absolute atomic E-state index is 14.3. The Bertz CT molecular complexity index is 5400. The number of benzene rings is 11. The van der Waals surface area contributed by atoms with Crippen LogP contribution in [0.3, 0.4) is 0 Å². The van der Waals surface area contributed by atoms with Gasteiger partial charge in [0, 0.05) is 38.2 Å². The summed E-state index contributed by atoms with van der Waals surface area (Å²) in [6, 6.07) is 66.7. The standard InChI is InChI=1S/C77H36F3N11/c1-44-21-58(77(78,79)80)12-14-64(44)53-11-19-75(90-71-16-8-50(55-25-47(42-83)27-60(29-55)86-3)35-67(71)68-36-52(10-18-72(68)90)57-31-62(88-5)38-63(32-57)89-6)69(37-53)70-39-59(85-2)13-20-76(70)91-73-15-7-49(54-23-45(40-81)22-46(24-54)41-82)33-65(73)66-34-51(9-17-74(66)91)56-26-48(43-84)28-61(30-56)87-4/h7-39H,1H3. The lowest BCUT2D eigenvalue weighted by atomic mass is 9.93. The van der Waals surface area contributed by atoms with Gasteiger partial charge in [-0.2, -0.15) is 34.2 Å². The summed E-state index contributed by atoms with van der Waals surface area (Å²) in [5.74, 6) is 0. The summed E-state index contributed by atoms with van der Waals surface area (Å²) >= 11 is 0. The summed E-state index contributed by atoms with van der Waals surface area (Å²) in [5.41, 5.74) is 13.8. The topological polar surface area (TPSA) is 127 Å². The van der Waals surface area contributed by atoms with Crippen molar-refractivity contribution in [3.8, 4) is 102 Å². The Morgan fingerprint density at radius 2 is 0.670 bits per heavy atom. The second-order valence-electron chi connectivity index (χ2n) is 21.6. The molecule has 0 unspecified atom stereocenters. The van der Waals surface area contributed by atoms with Gasteiger partial charge in [0.2, 0.25) is 0 Å². The van der Waals surface area contributed by atoms with E-state index in [-0.39, 0.29) is 28.4 Å². The number of aryl methyl sites for hydroxylation is 1. The van der Waals surface area contributed by atoms with Crippen molar-refractivity contribution in [3.05, 3.63) is 291 Å². The fraction of sp³-hybridized carbons (Fsp3) is 0.0260. The van der Waals surface area contributed by atoms with Gasteiger partial charge in [0.25, 0.3) is 0 Å². The summed E-state index contributed by atoms with van der Waals surface area (Å²) in [7, 11) is 0. The van der Waals surface area contributed by atoms with E-state index in [1.165, 1.54) is 30.3 Å². The zero-order chi connectivity index (χ0) is 63.4. The van der Waals surface area contributed by atoms with Gasteiger partial charge in [-0.15, -0.1) is 0 Å². The Labute approximate surface area is 519 Å². The van der Waals surface area contributed by atoms with Crippen LogP contribution in [0.1, 0.15) is 33.4 Å². The van der Waals surface area contributed by atoms with Gasteiger partial charge < -0.3 is 9.13 Å². The van der Waals surface area contributed by atoms with Gasteiger partial charge in [-0.1, -0.05) is 60.7 Å². The Balaban J connectivity index is 1.13. The summed E-state index contributed by atoms with van der Waals surface area (Å²) < 4.78 is 47.1. The van der Waals surface area contributed by atoms with Gasteiger partial charge in [-0.25, -0.2) is 24.2 Å². The van der Waals surface area contributed by atoms with Crippen LogP contribution in [0.5, 0.6) is 0 Å². The number of hydrogen-bond acceptors (Lipinski definition) is 4. The minimum absolute atomic E-state index is 0.278. The van der Waals surface area contributed by atoms with Crippen LogP contribution in [0.2, 0.25) is 0 Å². The number of alkyl halides is 3. The highest BCUT2D eigenvalue weighted by molar-refractivity contribution is 6.14.